The fraction of sp³-hybridized carbons (Fsp3) is 0.867. The first-order chi connectivity index (χ1) is 9.12. The average molecular weight is 309 g/mol. The third kappa shape index (κ3) is 26.2. The van der Waals surface area contributed by atoms with E-state index in [2.05, 4.69) is 34.6 Å². The predicted octanol–water partition coefficient (Wildman–Crippen LogP) is 3.85. The molecule has 0 aliphatic carbocycles. The second-order valence-corrected chi connectivity index (χ2v) is 7.53. The van der Waals surface area contributed by atoms with Gasteiger partial charge < -0.3 is 4.48 Å². The Bertz CT molecular complexity index is 307. The maximum atomic E-state index is 9.44. The molecule has 0 aromatic carbocycles. The Balaban J connectivity index is 0. The molecule has 0 atom stereocenters. The van der Waals surface area contributed by atoms with Gasteiger partial charge in [0.2, 0.25) is 0 Å². The van der Waals surface area contributed by atoms with Crippen molar-refractivity contribution < 1.29 is 17.5 Å². The Hall–Kier alpha value is -0.390. The van der Waals surface area contributed by atoms with Gasteiger partial charge >= 0.3 is 0 Å². The summed E-state index contributed by atoms with van der Waals surface area (Å²) < 4.78 is 27.7. The normalized spacial score (nSPS) is 11.7. The SMILES string of the molecule is C=CS(=O)(=O)O.CCCCCCCCCC[N+](C)(C)C. The summed E-state index contributed by atoms with van der Waals surface area (Å²) >= 11 is 0. The van der Waals surface area contributed by atoms with Gasteiger partial charge in [-0.15, -0.1) is 0 Å². The van der Waals surface area contributed by atoms with Crippen molar-refractivity contribution in [3.63, 3.8) is 0 Å². The number of quaternary nitrogens is 1. The molecule has 1 N–H and O–H groups in total. The Kier molecular flexibility index (Phi) is 13.5. The molecule has 0 unspecified atom stereocenters. The molecule has 0 saturated carbocycles. The molecule has 0 aliphatic heterocycles. The molecule has 0 amide bonds. The molecular weight excluding hydrogens is 274 g/mol. The summed E-state index contributed by atoms with van der Waals surface area (Å²) in [6.45, 7) is 6.40. The number of rotatable bonds is 10. The van der Waals surface area contributed by atoms with Gasteiger partial charge in [0.1, 0.15) is 0 Å². The van der Waals surface area contributed by atoms with E-state index in [1.165, 1.54) is 57.9 Å². The molecule has 0 radical (unpaired) electrons. The molecule has 122 valence electrons. The van der Waals surface area contributed by atoms with Gasteiger partial charge in [-0.2, -0.15) is 8.42 Å². The lowest BCUT2D eigenvalue weighted by atomic mass is 10.1. The maximum Gasteiger partial charge on any atom is 0.287 e. The molecule has 0 aliphatic rings. The minimum absolute atomic E-state index is 0.465. The van der Waals surface area contributed by atoms with Crippen LogP contribution in [0.25, 0.3) is 0 Å². The Morgan fingerprint density at radius 1 is 0.950 bits per heavy atom. The highest BCUT2D eigenvalue weighted by molar-refractivity contribution is 7.88. The average Bonchev–Trinajstić information content (AvgIpc) is 2.31. The lowest BCUT2D eigenvalue weighted by Gasteiger charge is -2.23. The van der Waals surface area contributed by atoms with E-state index in [0.717, 1.165) is 4.48 Å². The molecule has 0 bridgehead atoms. The van der Waals surface area contributed by atoms with E-state index in [1.54, 1.807) is 0 Å². The summed E-state index contributed by atoms with van der Waals surface area (Å²) in [6.07, 6.45) is 11.4. The summed E-state index contributed by atoms with van der Waals surface area (Å²) in [4.78, 5) is 0. The van der Waals surface area contributed by atoms with Crippen LogP contribution in [0, 0.1) is 0 Å². The molecule has 0 rings (SSSR count). The second-order valence-electron chi connectivity index (χ2n) is 6.17. The third-order valence-corrected chi connectivity index (χ3v) is 3.31. The van der Waals surface area contributed by atoms with Crippen molar-refractivity contribution in [3.05, 3.63) is 12.0 Å². The van der Waals surface area contributed by atoms with Crippen molar-refractivity contribution in [1.29, 1.82) is 0 Å². The fourth-order valence-electron chi connectivity index (χ4n) is 1.72. The van der Waals surface area contributed by atoms with Gasteiger partial charge in [-0.1, -0.05) is 52.0 Å². The van der Waals surface area contributed by atoms with E-state index in [1.807, 2.05) is 0 Å². The molecule has 0 heterocycles. The number of nitrogens with zero attached hydrogens (tertiary/aromatic N) is 1. The van der Waals surface area contributed by atoms with Crippen LogP contribution in [0.3, 0.4) is 0 Å². The summed E-state index contributed by atoms with van der Waals surface area (Å²) in [5.41, 5.74) is 0. The largest absolute Gasteiger partial charge is 0.331 e. The van der Waals surface area contributed by atoms with Crippen LogP contribution in [0.2, 0.25) is 0 Å². The van der Waals surface area contributed by atoms with Crippen molar-refractivity contribution >= 4 is 10.1 Å². The van der Waals surface area contributed by atoms with Gasteiger partial charge in [0.05, 0.1) is 33.1 Å². The molecule has 4 nitrogen and oxygen atoms in total. The molecule has 20 heavy (non-hydrogen) atoms. The highest BCUT2D eigenvalue weighted by atomic mass is 32.2. The molecule has 0 aromatic rings. The highest BCUT2D eigenvalue weighted by Crippen LogP contribution is 2.09. The van der Waals surface area contributed by atoms with Crippen molar-refractivity contribution in [3.8, 4) is 0 Å². The first-order valence-electron chi connectivity index (χ1n) is 7.52. The van der Waals surface area contributed by atoms with E-state index in [4.69, 9.17) is 4.55 Å². The zero-order valence-corrected chi connectivity index (χ0v) is 14.6. The maximum absolute atomic E-state index is 9.44. The monoisotopic (exact) mass is 308 g/mol. The van der Waals surface area contributed by atoms with Crippen molar-refractivity contribution in [2.75, 3.05) is 27.7 Å². The zero-order chi connectivity index (χ0) is 16.1. The van der Waals surface area contributed by atoms with Crippen LogP contribution in [0.1, 0.15) is 58.3 Å². The van der Waals surface area contributed by atoms with Crippen LogP contribution < -0.4 is 0 Å². The second kappa shape index (κ2) is 12.4. The topological polar surface area (TPSA) is 54.4 Å². The lowest BCUT2D eigenvalue weighted by Crippen LogP contribution is -2.35. The van der Waals surface area contributed by atoms with Crippen LogP contribution in [0.5, 0.6) is 0 Å². The number of hydrogen-bond donors (Lipinski definition) is 1. The van der Waals surface area contributed by atoms with Crippen LogP contribution >= 0.6 is 0 Å². The first kappa shape index (κ1) is 21.9. The van der Waals surface area contributed by atoms with Crippen LogP contribution in [0.4, 0.5) is 0 Å². The van der Waals surface area contributed by atoms with Gasteiger partial charge in [0.15, 0.2) is 0 Å². The minimum atomic E-state index is -3.90. The molecule has 5 heteroatoms. The van der Waals surface area contributed by atoms with E-state index < -0.39 is 10.1 Å². The van der Waals surface area contributed by atoms with Crippen molar-refractivity contribution in [1.82, 2.24) is 0 Å². The van der Waals surface area contributed by atoms with E-state index in [-0.39, 0.29) is 0 Å². The Morgan fingerprint density at radius 3 is 1.60 bits per heavy atom. The van der Waals surface area contributed by atoms with Crippen LogP contribution in [-0.2, 0) is 10.1 Å². The first-order valence-corrected chi connectivity index (χ1v) is 9.03. The van der Waals surface area contributed by atoms with Gasteiger partial charge in [0, 0.05) is 0 Å². The Morgan fingerprint density at radius 2 is 1.30 bits per heavy atom. The van der Waals surface area contributed by atoms with E-state index >= 15 is 0 Å². The zero-order valence-electron chi connectivity index (χ0n) is 13.8. The van der Waals surface area contributed by atoms with Crippen molar-refractivity contribution in [2.24, 2.45) is 0 Å². The summed E-state index contributed by atoms with van der Waals surface area (Å²) in [5.74, 6) is 0. The fourth-order valence-corrected chi connectivity index (χ4v) is 1.72. The van der Waals surface area contributed by atoms with Gasteiger partial charge in [0.25, 0.3) is 10.1 Å². The molecule has 0 fully saturated rings. The summed E-state index contributed by atoms with van der Waals surface area (Å²) in [6, 6.07) is 0. The molecule has 0 aromatic heterocycles. The summed E-state index contributed by atoms with van der Waals surface area (Å²) in [5, 5.41) is 0.465. The molecular formula is C15H34NO3S+. The van der Waals surface area contributed by atoms with Gasteiger partial charge in [-0.3, -0.25) is 4.55 Å². The van der Waals surface area contributed by atoms with E-state index in [9.17, 15) is 8.42 Å². The third-order valence-electron chi connectivity index (χ3n) is 2.89. The number of hydrogen-bond acceptors (Lipinski definition) is 2. The van der Waals surface area contributed by atoms with Crippen molar-refractivity contribution in [2.45, 2.75) is 58.3 Å². The highest BCUT2D eigenvalue weighted by Gasteiger charge is 2.04. The summed E-state index contributed by atoms with van der Waals surface area (Å²) in [7, 11) is 2.94. The van der Waals surface area contributed by atoms with E-state index in [0.29, 0.717) is 5.41 Å². The quantitative estimate of drug-likeness (QED) is 0.379. The predicted molar refractivity (Wildman–Crippen MR) is 87.3 cm³/mol. The standard InChI is InChI=1S/C13H30N.C2H4O3S/c1-5-6-7-8-9-10-11-12-13-14(2,3)4;1-2-6(3,4)5/h5-13H2,1-4H3;2H,1H2,(H,3,4,5)/q+1;. The molecule has 0 saturated heterocycles. The minimum Gasteiger partial charge on any atom is -0.331 e. The van der Waals surface area contributed by atoms with Crippen LogP contribution in [-0.4, -0.2) is 45.1 Å². The van der Waals surface area contributed by atoms with Gasteiger partial charge in [-0.25, -0.2) is 0 Å². The lowest BCUT2D eigenvalue weighted by molar-refractivity contribution is -0.870. The molecule has 0 spiro atoms. The number of unbranched alkanes of at least 4 members (excludes halogenated alkanes) is 7. The smallest absolute Gasteiger partial charge is 0.287 e. The van der Waals surface area contributed by atoms with Gasteiger partial charge in [-0.05, 0) is 12.8 Å². The Labute approximate surface area is 126 Å². The van der Waals surface area contributed by atoms with Crippen LogP contribution in [0.15, 0.2) is 12.0 Å².